The Bertz CT molecular complexity index is 1700. The van der Waals surface area contributed by atoms with E-state index in [1.54, 1.807) is 0 Å². The lowest BCUT2D eigenvalue weighted by molar-refractivity contribution is -0.0624. The molecule has 0 radical (unpaired) electrons. The zero-order valence-electron chi connectivity index (χ0n) is 26.2. The highest BCUT2D eigenvalue weighted by Crippen LogP contribution is 2.45. The molecule has 0 bridgehead atoms. The van der Waals surface area contributed by atoms with Crippen LogP contribution in [0.25, 0.3) is 0 Å². The van der Waals surface area contributed by atoms with Gasteiger partial charge in [-0.15, -0.1) is 5.54 Å². The fourth-order valence-corrected chi connectivity index (χ4v) is 10.7. The van der Waals surface area contributed by atoms with Crippen molar-refractivity contribution in [2.24, 2.45) is 0 Å². The maximum Gasteiger partial charge on any atom is 0.330 e. The molecular weight excluding hydrogens is 601 g/mol. The first-order valence-electron chi connectivity index (χ1n) is 15.0. The summed E-state index contributed by atoms with van der Waals surface area (Å²) in [6.45, 7) is 9.72. The van der Waals surface area contributed by atoms with E-state index in [0.717, 1.165) is 15.6 Å². The van der Waals surface area contributed by atoms with Crippen LogP contribution in [0.2, 0.25) is 18.1 Å². The van der Waals surface area contributed by atoms with Crippen molar-refractivity contribution in [2.75, 3.05) is 6.61 Å². The van der Waals surface area contributed by atoms with Gasteiger partial charge in [0.05, 0.1) is 6.61 Å². The van der Waals surface area contributed by atoms with Crippen LogP contribution in [0.15, 0.2) is 113 Å². The van der Waals surface area contributed by atoms with Crippen molar-refractivity contribution in [2.45, 2.75) is 62.9 Å². The Morgan fingerprint density at radius 3 is 1.80 bits per heavy atom. The number of aliphatic hydroxyl groups is 2. The van der Waals surface area contributed by atoms with Gasteiger partial charge in [-0.1, -0.05) is 118 Å². The molecule has 0 aliphatic carbocycles. The van der Waals surface area contributed by atoms with Gasteiger partial charge in [0.2, 0.25) is 8.07 Å². The van der Waals surface area contributed by atoms with Crippen LogP contribution in [0.1, 0.15) is 27.0 Å². The monoisotopic (exact) mass is 640 g/mol. The summed E-state index contributed by atoms with van der Waals surface area (Å²) >= 11 is 0. The molecule has 0 unspecified atom stereocenters. The Morgan fingerprint density at radius 1 is 0.889 bits per heavy atom. The molecule has 0 saturated carbocycles. The fraction of sp³-hybridized carbons (Fsp3) is 0.314. The number of aromatic nitrogens is 2. The minimum Gasteiger partial charge on any atom is -0.405 e. The Labute approximate surface area is 265 Å². The van der Waals surface area contributed by atoms with Crippen molar-refractivity contribution in [3.63, 3.8) is 0 Å². The predicted octanol–water partition coefficient (Wildman–Crippen LogP) is 2.26. The van der Waals surface area contributed by atoms with Crippen LogP contribution in [-0.2, 0) is 9.16 Å². The molecule has 0 spiro atoms. The third-order valence-corrected chi connectivity index (χ3v) is 17.6. The van der Waals surface area contributed by atoms with E-state index in [4.69, 9.17) is 9.16 Å². The summed E-state index contributed by atoms with van der Waals surface area (Å²) in [5, 5.41) is 26.1. The lowest BCUT2D eigenvalue weighted by Crippen LogP contribution is -2.67. The molecule has 3 N–H and O–H groups in total. The van der Waals surface area contributed by atoms with Crippen molar-refractivity contribution in [1.82, 2.24) is 9.55 Å². The molecule has 4 atom stereocenters. The molecule has 4 aromatic rings. The number of ether oxygens (including phenoxy) is 1. The van der Waals surface area contributed by atoms with E-state index in [0.29, 0.717) is 0 Å². The first-order valence-corrected chi connectivity index (χ1v) is 19.9. The Kier molecular flexibility index (Phi) is 9.06. The van der Waals surface area contributed by atoms with E-state index in [-0.39, 0.29) is 5.04 Å². The van der Waals surface area contributed by atoms with Crippen molar-refractivity contribution < 1.29 is 19.4 Å². The topological polar surface area (TPSA) is 114 Å². The number of hydrogen-bond acceptors (Lipinski definition) is 6. The average Bonchev–Trinajstić information content (AvgIpc) is 3.29. The van der Waals surface area contributed by atoms with E-state index in [2.05, 4.69) is 73.6 Å². The highest BCUT2D eigenvalue weighted by Gasteiger charge is 2.59. The highest BCUT2D eigenvalue weighted by molar-refractivity contribution is 7.16. The highest BCUT2D eigenvalue weighted by atomic mass is 28.4. The number of benzene rings is 3. The number of nitrogens with zero attached hydrogens (tertiary/aromatic N) is 1. The molecule has 2 heterocycles. The minimum absolute atomic E-state index is 0.268. The maximum atomic E-state index is 13.0. The molecular formula is C35H40N2O6Si2. The molecule has 3 aromatic carbocycles. The van der Waals surface area contributed by atoms with Gasteiger partial charge < -0.3 is 19.4 Å². The zero-order valence-corrected chi connectivity index (χ0v) is 28.2. The normalized spacial score (nSPS) is 22.1. The number of aromatic amines is 1. The Hall–Kier alpha value is -3.83. The Morgan fingerprint density at radius 2 is 1.38 bits per heavy atom. The average molecular weight is 641 g/mol. The van der Waals surface area contributed by atoms with Gasteiger partial charge in [0.1, 0.15) is 12.2 Å². The SMILES string of the molecule is CC(C)(C)[Si](C)(C)O[C@H]1[C@H](n2ccc(=O)[nH]c2=O)O[C@H](CO)[C@]1(O)C#C[Si](c1ccccc1)(c1ccccc1)c1ccccc1. The van der Waals surface area contributed by atoms with Crippen LogP contribution < -0.4 is 26.8 Å². The third-order valence-electron chi connectivity index (χ3n) is 9.08. The first-order chi connectivity index (χ1) is 21.3. The molecule has 1 aliphatic rings. The molecule has 10 heteroatoms. The molecule has 1 saturated heterocycles. The molecule has 45 heavy (non-hydrogen) atoms. The summed E-state index contributed by atoms with van der Waals surface area (Å²) in [6.07, 6.45) is -2.22. The van der Waals surface area contributed by atoms with E-state index in [1.807, 2.05) is 67.7 Å². The zero-order chi connectivity index (χ0) is 32.5. The third kappa shape index (κ3) is 6.07. The van der Waals surface area contributed by atoms with Crippen LogP contribution >= 0.6 is 0 Å². The molecule has 1 aliphatic heterocycles. The minimum atomic E-state index is -3.14. The van der Waals surface area contributed by atoms with Crippen LogP contribution in [-0.4, -0.2) is 60.6 Å². The predicted molar refractivity (Wildman–Crippen MR) is 181 cm³/mol. The second-order valence-corrected chi connectivity index (χ2v) is 21.2. The summed E-state index contributed by atoms with van der Waals surface area (Å²) in [6, 6.07) is 31.4. The van der Waals surface area contributed by atoms with E-state index in [9.17, 15) is 19.8 Å². The van der Waals surface area contributed by atoms with Crippen LogP contribution in [0.3, 0.4) is 0 Å². The first kappa shape index (κ1) is 32.6. The van der Waals surface area contributed by atoms with E-state index < -0.39 is 58.3 Å². The summed E-state index contributed by atoms with van der Waals surface area (Å²) in [5.74, 6) is 3.24. The van der Waals surface area contributed by atoms with Gasteiger partial charge in [0, 0.05) is 12.3 Å². The molecule has 234 valence electrons. The molecule has 1 fully saturated rings. The number of hydrogen-bond donors (Lipinski definition) is 3. The van der Waals surface area contributed by atoms with Crippen LogP contribution in [0.5, 0.6) is 0 Å². The van der Waals surface area contributed by atoms with Gasteiger partial charge in [-0.05, 0) is 33.7 Å². The van der Waals surface area contributed by atoms with Crippen molar-refractivity contribution in [3.8, 4) is 11.5 Å². The van der Waals surface area contributed by atoms with Crippen molar-refractivity contribution in [1.29, 1.82) is 0 Å². The summed E-state index contributed by atoms with van der Waals surface area (Å²) in [4.78, 5) is 27.2. The van der Waals surface area contributed by atoms with Gasteiger partial charge in [-0.3, -0.25) is 14.3 Å². The van der Waals surface area contributed by atoms with Gasteiger partial charge in [0.25, 0.3) is 5.56 Å². The quantitative estimate of drug-likeness (QED) is 0.162. The van der Waals surface area contributed by atoms with Gasteiger partial charge >= 0.3 is 5.69 Å². The number of aliphatic hydroxyl groups excluding tert-OH is 1. The van der Waals surface area contributed by atoms with Crippen LogP contribution in [0, 0.1) is 11.5 Å². The van der Waals surface area contributed by atoms with Gasteiger partial charge in [-0.2, -0.15) is 0 Å². The standard InChI is InChI=1S/C35H40N2O6Si2/c1-34(2,3)44(4,5)43-31-32(37-23-21-30(39)36-33(37)40)42-29(25-38)35(31,41)22-24-45(26-15-9-6-10-16-26,27-17-11-7-12-18-27)28-19-13-8-14-20-28/h6-21,23,29,31-32,38,41H,25H2,1-5H3,(H,36,39,40)/t29-,31+,32-,35-/m1/s1. The number of rotatable bonds is 7. The van der Waals surface area contributed by atoms with Crippen LogP contribution in [0.4, 0.5) is 0 Å². The number of H-pyrrole nitrogens is 1. The van der Waals surface area contributed by atoms with Gasteiger partial charge in [-0.25, -0.2) is 4.79 Å². The van der Waals surface area contributed by atoms with Gasteiger partial charge in [0.15, 0.2) is 20.1 Å². The van der Waals surface area contributed by atoms with Crippen molar-refractivity contribution >= 4 is 32.0 Å². The second kappa shape index (κ2) is 12.5. The molecule has 5 rings (SSSR count). The lowest BCUT2D eigenvalue weighted by atomic mass is 9.93. The fourth-order valence-electron chi connectivity index (χ4n) is 5.53. The van der Waals surface area contributed by atoms with E-state index in [1.165, 1.54) is 16.8 Å². The Balaban J connectivity index is 1.79. The lowest BCUT2D eigenvalue weighted by Gasteiger charge is -2.42. The van der Waals surface area contributed by atoms with Crippen molar-refractivity contribution in [3.05, 3.63) is 124 Å². The summed E-state index contributed by atoms with van der Waals surface area (Å²) in [5.41, 5.74) is 0.314. The second-order valence-electron chi connectivity index (χ2n) is 12.9. The smallest absolute Gasteiger partial charge is 0.330 e. The molecule has 8 nitrogen and oxygen atoms in total. The summed E-state index contributed by atoms with van der Waals surface area (Å²) in [7, 11) is -5.78. The molecule has 1 aromatic heterocycles. The maximum absolute atomic E-state index is 13.0. The van der Waals surface area contributed by atoms with E-state index >= 15 is 0 Å². The summed E-state index contributed by atoms with van der Waals surface area (Å²) < 4.78 is 14.3. The molecule has 0 amide bonds. The number of nitrogens with one attached hydrogen (secondary N) is 1. The largest absolute Gasteiger partial charge is 0.405 e.